The smallest absolute Gasteiger partial charge is 0.407 e. The minimum absolute atomic E-state index is 0.386. The molecule has 2 aliphatic rings. The van der Waals surface area contributed by atoms with E-state index in [0.29, 0.717) is 50.2 Å². The van der Waals surface area contributed by atoms with Gasteiger partial charge in [0.1, 0.15) is 6.04 Å². The lowest BCUT2D eigenvalue weighted by atomic mass is 10.1. The van der Waals surface area contributed by atoms with Crippen molar-refractivity contribution in [3.8, 4) is 11.8 Å². The van der Waals surface area contributed by atoms with E-state index in [2.05, 4.69) is 17.2 Å². The molecular weight excluding hydrogens is 296 g/mol. The number of ether oxygens (including phenoxy) is 1. The van der Waals surface area contributed by atoms with Crippen molar-refractivity contribution in [1.29, 1.82) is 0 Å². The van der Waals surface area contributed by atoms with Gasteiger partial charge in [0.25, 0.3) is 0 Å². The molecule has 3 unspecified atom stereocenters. The van der Waals surface area contributed by atoms with Crippen LogP contribution in [0.15, 0.2) is 0 Å². The van der Waals surface area contributed by atoms with Crippen LogP contribution < -0.4 is 11.1 Å². The van der Waals surface area contributed by atoms with E-state index in [-0.39, 0.29) is 6.09 Å². The van der Waals surface area contributed by atoms with Gasteiger partial charge in [-0.05, 0) is 49.9 Å². The number of fused-ring (bicyclic) bond motifs is 1. The van der Waals surface area contributed by atoms with Crippen LogP contribution in [0.4, 0.5) is 4.79 Å². The molecule has 6 heteroatoms. The molecule has 128 valence electrons. The standard InChI is InChI=1S/C17H26N2O4/c18-15(16(20)21)9-5-6-10-19-17(22)23-11-14-12-7-3-1-2-4-8-13(12)14/h12-15H,3-11,18H2,(H,19,22)(H,20,21). The zero-order chi connectivity index (χ0) is 16.7. The van der Waals surface area contributed by atoms with Crippen molar-refractivity contribution in [3.63, 3.8) is 0 Å². The lowest BCUT2D eigenvalue weighted by Crippen LogP contribution is -2.30. The zero-order valence-electron chi connectivity index (χ0n) is 13.4. The number of carbonyl (C=O) groups is 2. The van der Waals surface area contributed by atoms with Gasteiger partial charge in [0.05, 0.1) is 6.61 Å². The Hall–Kier alpha value is -1.74. The number of carboxylic acids is 1. The predicted molar refractivity (Wildman–Crippen MR) is 85.5 cm³/mol. The molecule has 0 aromatic heterocycles. The van der Waals surface area contributed by atoms with Crippen molar-refractivity contribution < 1.29 is 19.4 Å². The number of unbranched alkanes of at least 4 members (excludes halogenated alkanes) is 1. The van der Waals surface area contributed by atoms with Crippen LogP contribution in [0, 0.1) is 29.6 Å². The van der Waals surface area contributed by atoms with Crippen molar-refractivity contribution in [2.45, 2.75) is 51.0 Å². The fraction of sp³-hybridized carbons (Fsp3) is 0.765. The Morgan fingerprint density at radius 2 is 1.87 bits per heavy atom. The number of carboxylic acid groups (broad SMARTS) is 1. The molecular formula is C17H26N2O4. The third-order valence-electron chi connectivity index (χ3n) is 4.77. The maximum atomic E-state index is 11.6. The number of hydrogen-bond donors (Lipinski definition) is 3. The summed E-state index contributed by atoms with van der Waals surface area (Å²) in [6.07, 6.45) is 5.56. The lowest BCUT2D eigenvalue weighted by Gasteiger charge is -2.08. The molecule has 0 spiro atoms. The van der Waals surface area contributed by atoms with Crippen LogP contribution in [0.5, 0.6) is 0 Å². The van der Waals surface area contributed by atoms with Gasteiger partial charge >= 0.3 is 12.1 Å². The summed E-state index contributed by atoms with van der Waals surface area (Å²) in [5.41, 5.74) is 5.41. The highest BCUT2D eigenvalue weighted by atomic mass is 16.5. The van der Waals surface area contributed by atoms with Crippen LogP contribution in [0.1, 0.15) is 44.9 Å². The summed E-state index contributed by atoms with van der Waals surface area (Å²) >= 11 is 0. The molecule has 23 heavy (non-hydrogen) atoms. The summed E-state index contributed by atoms with van der Waals surface area (Å²) in [6.45, 7) is 0.974. The highest BCUT2D eigenvalue weighted by Gasteiger charge is 2.49. The Balaban J connectivity index is 1.50. The second kappa shape index (κ2) is 8.78. The van der Waals surface area contributed by atoms with E-state index in [0.717, 1.165) is 25.7 Å². The predicted octanol–water partition coefficient (Wildman–Crippen LogP) is 1.73. The molecule has 0 bridgehead atoms. The summed E-state index contributed by atoms with van der Waals surface area (Å²) in [6, 6.07) is -0.822. The topological polar surface area (TPSA) is 102 Å². The molecule has 3 atom stereocenters. The van der Waals surface area contributed by atoms with Crippen LogP contribution in [0.3, 0.4) is 0 Å². The number of amides is 1. The molecule has 0 saturated heterocycles. The van der Waals surface area contributed by atoms with Gasteiger partial charge in [0, 0.05) is 19.4 Å². The summed E-state index contributed by atoms with van der Waals surface area (Å²) in [7, 11) is 0. The second-order valence-electron chi connectivity index (χ2n) is 6.39. The van der Waals surface area contributed by atoms with E-state index < -0.39 is 12.0 Å². The quantitative estimate of drug-likeness (QED) is 0.467. The Kier molecular flexibility index (Phi) is 6.72. The van der Waals surface area contributed by atoms with Gasteiger partial charge in [0.2, 0.25) is 0 Å². The Morgan fingerprint density at radius 3 is 2.48 bits per heavy atom. The van der Waals surface area contributed by atoms with Crippen molar-refractivity contribution in [3.05, 3.63) is 0 Å². The molecule has 1 amide bonds. The largest absolute Gasteiger partial charge is 0.480 e. The summed E-state index contributed by atoms with van der Waals surface area (Å²) in [4.78, 5) is 22.2. The van der Waals surface area contributed by atoms with Gasteiger partial charge in [-0.2, -0.15) is 0 Å². The van der Waals surface area contributed by atoms with Crippen LogP contribution in [-0.4, -0.2) is 36.4 Å². The molecule has 0 aliphatic heterocycles. The van der Waals surface area contributed by atoms with Crippen LogP contribution >= 0.6 is 0 Å². The first kappa shape index (κ1) is 17.6. The Morgan fingerprint density at radius 1 is 1.22 bits per heavy atom. The SMILES string of the molecule is NC(CCCCNC(=O)OCC1C2CCC#CCCC21)C(=O)O. The number of aliphatic carboxylic acids is 1. The number of alkyl carbamates (subject to hydrolysis) is 1. The highest BCUT2D eigenvalue weighted by Crippen LogP contribution is 2.52. The lowest BCUT2D eigenvalue weighted by molar-refractivity contribution is -0.138. The third-order valence-corrected chi connectivity index (χ3v) is 4.77. The van der Waals surface area contributed by atoms with Gasteiger partial charge < -0.3 is 20.9 Å². The number of nitrogens with two attached hydrogens (primary N) is 1. The minimum atomic E-state index is -0.986. The molecule has 0 aromatic carbocycles. The molecule has 4 N–H and O–H groups in total. The summed E-state index contributed by atoms with van der Waals surface area (Å²) in [5.74, 6) is 7.20. The maximum Gasteiger partial charge on any atom is 0.407 e. The number of nitrogens with one attached hydrogen (secondary N) is 1. The monoisotopic (exact) mass is 322 g/mol. The van der Waals surface area contributed by atoms with Crippen LogP contribution in [-0.2, 0) is 9.53 Å². The molecule has 1 saturated carbocycles. The van der Waals surface area contributed by atoms with E-state index >= 15 is 0 Å². The summed E-state index contributed by atoms with van der Waals surface area (Å²) < 4.78 is 5.30. The third kappa shape index (κ3) is 5.76. The zero-order valence-corrected chi connectivity index (χ0v) is 13.4. The molecule has 2 rings (SSSR count). The Labute approximate surface area is 137 Å². The number of hydrogen-bond acceptors (Lipinski definition) is 4. The number of rotatable bonds is 8. The van der Waals surface area contributed by atoms with Crippen molar-refractivity contribution in [1.82, 2.24) is 5.32 Å². The normalized spacial score (nSPS) is 26.6. The number of carbonyl (C=O) groups excluding carboxylic acids is 1. The van der Waals surface area contributed by atoms with E-state index in [1.54, 1.807) is 0 Å². The average Bonchev–Trinajstić information content (AvgIpc) is 3.14. The van der Waals surface area contributed by atoms with Gasteiger partial charge in [0.15, 0.2) is 0 Å². The molecule has 0 heterocycles. The second-order valence-corrected chi connectivity index (χ2v) is 6.39. The van der Waals surface area contributed by atoms with Crippen LogP contribution in [0.25, 0.3) is 0 Å². The molecule has 0 radical (unpaired) electrons. The molecule has 2 aliphatic carbocycles. The fourth-order valence-electron chi connectivity index (χ4n) is 3.31. The Bertz CT molecular complexity index is 465. The van der Waals surface area contributed by atoms with Gasteiger partial charge in [-0.25, -0.2) is 4.79 Å². The van der Waals surface area contributed by atoms with Crippen molar-refractivity contribution >= 4 is 12.1 Å². The van der Waals surface area contributed by atoms with E-state index in [1.165, 1.54) is 0 Å². The first-order chi connectivity index (χ1) is 11.1. The minimum Gasteiger partial charge on any atom is -0.480 e. The fourth-order valence-corrected chi connectivity index (χ4v) is 3.31. The van der Waals surface area contributed by atoms with Crippen molar-refractivity contribution in [2.24, 2.45) is 23.5 Å². The van der Waals surface area contributed by atoms with Crippen LogP contribution in [0.2, 0.25) is 0 Å². The van der Waals surface area contributed by atoms with E-state index in [1.807, 2.05) is 0 Å². The summed E-state index contributed by atoms with van der Waals surface area (Å²) in [5, 5.41) is 11.4. The average molecular weight is 322 g/mol. The molecule has 6 nitrogen and oxygen atoms in total. The van der Waals surface area contributed by atoms with Crippen molar-refractivity contribution in [2.75, 3.05) is 13.2 Å². The highest BCUT2D eigenvalue weighted by molar-refractivity contribution is 5.72. The first-order valence-electron chi connectivity index (χ1n) is 8.44. The van der Waals surface area contributed by atoms with Gasteiger partial charge in [-0.3, -0.25) is 4.79 Å². The van der Waals surface area contributed by atoms with Gasteiger partial charge in [-0.15, -0.1) is 11.8 Å². The van der Waals surface area contributed by atoms with E-state index in [4.69, 9.17) is 15.6 Å². The molecule has 0 aromatic rings. The maximum absolute atomic E-state index is 11.6. The first-order valence-corrected chi connectivity index (χ1v) is 8.44. The molecule has 1 fully saturated rings. The van der Waals surface area contributed by atoms with E-state index in [9.17, 15) is 9.59 Å². The van der Waals surface area contributed by atoms with Gasteiger partial charge in [-0.1, -0.05) is 0 Å².